The second-order valence-electron chi connectivity index (χ2n) is 2.50. The van der Waals surface area contributed by atoms with Crippen LogP contribution in [0.15, 0.2) is 23.5 Å². The Labute approximate surface area is 69.5 Å². The monoisotopic (exact) mass is 164 g/mol. The van der Waals surface area contributed by atoms with Crippen LogP contribution in [0.2, 0.25) is 0 Å². The van der Waals surface area contributed by atoms with Crippen LogP contribution in [0, 0.1) is 0 Å². The number of hydrogen-bond acceptors (Lipinski definition) is 4. The minimum atomic E-state index is 0.554. The summed E-state index contributed by atoms with van der Waals surface area (Å²) in [4.78, 5) is 4.06. The lowest BCUT2D eigenvalue weighted by molar-refractivity contribution is 0.296. The van der Waals surface area contributed by atoms with Crippen molar-refractivity contribution in [3.63, 3.8) is 0 Å². The molecule has 0 fully saturated rings. The van der Waals surface area contributed by atoms with Gasteiger partial charge in [0, 0.05) is 12.6 Å². The van der Waals surface area contributed by atoms with Gasteiger partial charge in [-0.2, -0.15) is 0 Å². The average molecular weight is 164 g/mol. The number of rotatable bonds is 0. The van der Waals surface area contributed by atoms with Gasteiger partial charge >= 0.3 is 0 Å². The van der Waals surface area contributed by atoms with Crippen LogP contribution in [-0.2, 0) is 0 Å². The van der Waals surface area contributed by atoms with Crippen LogP contribution >= 0.6 is 0 Å². The summed E-state index contributed by atoms with van der Waals surface area (Å²) in [6.07, 6.45) is 2.26. The first kappa shape index (κ1) is 7.09. The summed E-state index contributed by atoms with van der Waals surface area (Å²) in [5.41, 5.74) is 1.24. The van der Waals surface area contributed by atoms with Crippen molar-refractivity contribution in [1.82, 2.24) is 4.98 Å². The van der Waals surface area contributed by atoms with Crippen molar-refractivity contribution in [3.05, 3.63) is 24.0 Å². The van der Waals surface area contributed by atoms with Crippen molar-refractivity contribution in [2.45, 2.75) is 6.42 Å². The lowest BCUT2D eigenvalue weighted by atomic mass is 10.1. The zero-order valence-electron chi connectivity index (χ0n) is 6.40. The Morgan fingerprint density at radius 1 is 1.58 bits per heavy atom. The van der Waals surface area contributed by atoms with Crippen LogP contribution in [0.25, 0.3) is 0 Å². The first-order valence-electron chi connectivity index (χ1n) is 3.71. The molecule has 1 aliphatic rings. The van der Waals surface area contributed by atoms with Gasteiger partial charge in [0.2, 0.25) is 0 Å². The van der Waals surface area contributed by atoms with Crippen LogP contribution in [0.5, 0.6) is 5.75 Å². The molecule has 0 radical (unpaired) electrons. The lowest BCUT2D eigenvalue weighted by Crippen LogP contribution is -2.17. The third kappa shape index (κ3) is 1.01. The van der Waals surface area contributed by atoms with Crippen LogP contribution in [-0.4, -0.2) is 22.5 Å². The highest BCUT2D eigenvalue weighted by Gasteiger charge is 2.17. The molecule has 2 heterocycles. The predicted octanol–water partition coefficient (Wildman–Crippen LogP) is 1.04. The fraction of sp³-hybridized carbons (Fsp3) is 0.250. The number of aromatic nitrogens is 1. The van der Waals surface area contributed by atoms with Crippen molar-refractivity contribution in [1.29, 1.82) is 0 Å². The molecule has 1 aromatic rings. The van der Waals surface area contributed by atoms with E-state index in [1.54, 1.807) is 12.3 Å². The van der Waals surface area contributed by atoms with E-state index in [1.165, 1.54) is 0 Å². The highest BCUT2D eigenvalue weighted by Crippen LogP contribution is 2.21. The van der Waals surface area contributed by atoms with Crippen molar-refractivity contribution < 1.29 is 9.94 Å². The molecule has 0 spiro atoms. The molecular weight excluding hydrogens is 156 g/mol. The SMILES string of the molecule is O/N=C1/CCOc2cccnc21. The number of fused-ring (bicyclic) bond motifs is 1. The van der Waals surface area contributed by atoms with Gasteiger partial charge in [0.25, 0.3) is 0 Å². The Bertz CT molecular complexity index is 323. The minimum Gasteiger partial charge on any atom is -0.491 e. The van der Waals surface area contributed by atoms with E-state index in [0.29, 0.717) is 30.2 Å². The summed E-state index contributed by atoms with van der Waals surface area (Å²) in [5.74, 6) is 0.691. The second kappa shape index (κ2) is 2.81. The van der Waals surface area contributed by atoms with Crippen molar-refractivity contribution in [2.24, 2.45) is 5.16 Å². The van der Waals surface area contributed by atoms with E-state index >= 15 is 0 Å². The van der Waals surface area contributed by atoms with Gasteiger partial charge in [-0.15, -0.1) is 0 Å². The predicted molar refractivity (Wildman–Crippen MR) is 42.7 cm³/mol. The summed E-state index contributed by atoms with van der Waals surface area (Å²) in [7, 11) is 0. The molecule has 1 N–H and O–H groups in total. The van der Waals surface area contributed by atoms with E-state index in [9.17, 15) is 0 Å². The highest BCUT2D eigenvalue weighted by atomic mass is 16.5. The summed E-state index contributed by atoms with van der Waals surface area (Å²) in [5, 5.41) is 11.8. The molecule has 2 rings (SSSR count). The van der Waals surface area contributed by atoms with Crippen LogP contribution in [0.3, 0.4) is 0 Å². The summed E-state index contributed by atoms with van der Waals surface area (Å²) < 4.78 is 5.30. The third-order valence-electron chi connectivity index (χ3n) is 1.76. The van der Waals surface area contributed by atoms with Gasteiger partial charge in [-0.05, 0) is 12.1 Å². The van der Waals surface area contributed by atoms with Gasteiger partial charge in [0.15, 0.2) is 0 Å². The Balaban J connectivity index is 2.51. The molecule has 0 aromatic carbocycles. The van der Waals surface area contributed by atoms with Gasteiger partial charge in [0.1, 0.15) is 17.2 Å². The number of ether oxygens (including phenoxy) is 1. The van der Waals surface area contributed by atoms with Crippen LogP contribution < -0.4 is 4.74 Å². The largest absolute Gasteiger partial charge is 0.491 e. The lowest BCUT2D eigenvalue weighted by Gasteiger charge is -2.15. The third-order valence-corrected chi connectivity index (χ3v) is 1.76. The van der Waals surface area contributed by atoms with E-state index < -0.39 is 0 Å². The van der Waals surface area contributed by atoms with Gasteiger partial charge in [0.05, 0.1) is 6.61 Å². The Morgan fingerprint density at radius 2 is 2.50 bits per heavy atom. The van der Waals surface area contributed by atoms with E-state index in [0.717, 1.165) is 0 Å². The summed E-state index contributed by atoms with van der Waals surface area (Å²) >= 11 is 0. The molecule has 0 amide bonds. The number of nitrogens with zero attached hydrogens (tertiary/aromatic N) is 2. The zero-order valence-corrected chi connectivity index (χ0v) is 6.40. The Kier molecular flexibility index (Phi) is 1.66. The molecule has 0 atom stereocenters. The maximum Gasteiger partial charge on any atom is 0.146 e. The van der Waals surface area contributed by atoms with Gasteiger partial charge in [-0.25, -0.2) is 0 Å². The molecule has 1 aromatic heterocycles. The maximum absolute atomic E-state index is 8.63. The molecule has 0 aliphatic carbocycles. The molecule has 4 heteroatoms. The van der Waals surface area contributed by atoms with Crippen molar-refractivity contribution >= 4 is 5.71 Å². The molecule has 0 saturated carbocycles. The number of hydrogen-bond donors (Lipinski definition) is 1. The van der Waals surface area contributed by atoms with E-state index in [-0.39, 0.29) is 0 Å². The van der Waals surface area contributed by atoms with Gasteiger partial charge in [-0.1, -0.05) is 5.16 Å². The van der Waals surface area contributed by atoms with Crippen LogP contribution in [0.4, 0.5) is 0 Å². The second-order valence-corrected chi connectivity index (χ2v) is 2.50. The molecule has 4 nitrogen and oxygen atoms in total. The molecule has 0 unspecified atom stereocenters. The maximum atomic E-state index is 8.63. The standard InChI is InChI=1S/C8H8N2O2/c11-10-6-3-5-12-7-2-1-4-9-8(6)7/h1-2,4,11H,3,5H2/b10-6-. The molecule has 62 valence electrons. The Morgan fingerprint density at radius 3 is 3.33 bits per heavy atom. The minimum absolute atomic E-state index is 0.554. The topological polar surface area (TPSA) is 54.7 Å². The molecule has 12 heavy (non-hydrogen) atoms. The average Bonchev–Trinajstić information content (AvgIpc) is 2.17. The smallest absolute Gasteiger partial charge is 0.146 e. The number of pyridine rings is 1. The van der Waals surface area contributed by atoms with Crippen molar-refractivity contribution in [3.8, 4) is 5.75 Å². The van der Waals surface area contributed by atoms with Gasteiger partial charge < -0.3 is 9.94 Å². The molecule has 0 saturated heterocycles. The van der Waals surface area contributed by atoms with E-state index in [4.69, 9.17) is 9.94 Å². The zero-order chi connectivity index (χ0) is 8.39. The Hall–Kier alpha value is -1.58. The summed E-state index contributed by atoms with van der Waals surface area (Å²) in [6.45, 7) is 0.554. The number of oxime groups is 1. The van der Waals surface area contributed by atoms with Crippen LogP contribution in [0.1, 0.15) is 12.1 Å². The fourth-order valence-corrected chi connectivity index (χ4v) is 1.20. The summed E-state index contributed by atoms with van der Waals surface area (Å²) in [6, 6.07) is 3.60. The van der Waals surface area contributed by atoms with Gasteiger partial charge in [-0.3, -0.25) is 4.98 Å². The highest BCUT2D eigenvalue weighted by molar-refractivity contribution is 6.01. The quantitative estimate of drug-likeness (QED) is 0.460. The van der Waals surface area contributed by atoms with E-state index in [2.05, 4.69) is 10.1 Å². The first-order chi connectivity index (χ1) is 5.92. The van der Waals surface area contributed by atoms with Crippen molar-refractivity contribution in [2.75, 3.05) is 6.61 Å². The first-order valence-corrected chi connectivity index (χ1v) is 3.71. The molecular formula is C8H8N2O2. The van der Waals surface area contributed by atoms with E-state index in [1.807, 2.05) is 6.07 Å². The fourth-order valence-electron chi connectivity index (χ4n) is 1.20. The molecule has 1 aliphatic heterocycles. The normalized spacial score (nSPS) is 18.5. The molecule has 0 bridgehead atoms.